The SMILES string of the molecule is CC(O)C#Cc1ccc(-c2ccc(CCC(C)(C(=O)NO)S(C)(=O)=O)cc2)cc1. The lowest BCUT2D eigenvalue weighted by molar-refractivity contribution is -0.131. The van der Waals surface area contributed by atoms with Crippen molar-refractivity contribution in [1.82, 2.24) is 5.48 Å². The van der Waals surface area contributed by atoms with Crippen LogP contribution in [0.4, 0.5) is 0 Å². The van der Waals surface area contributed by atoms with Gasteiger partial charge in [0, 0.05) is 11.8 Å². The third-order valence-electron chi connectivity index (χ3n) is 4.89. The van der Waals surface area contributed by atoms with Crippen LogP contribution in [-0.4, -0.2) is 41.7 Å². The van der Waals surface area contributed by atoms with Crippen molar-refractivity contribution >= 4 is 15.7 Å². The van der Waals surface area contributed by atoms with Gasteiger partial charge in [-0.15, -0.1) is 0 Å². The molecule has 154 valence electrons. The average molecular weight is 416 g/mol. The molecule has 0 aliphatic carbocycles. The summed E-state index contributed by atoms with van der Waals surface area (Å²) in [6, 6.07) is 15.3. The predicted octanol–water partition coefficient (Wildman–Crippen LogP) is 2.33. The monoisotopic (exact) mass is 415 g/mol. The van der Waals surface area contributed by atoms with Crippen molar-refractivity contribution in [2.75, 3.05) is 6.26 Å². The molecular weight excluding hydrogens is 390 g/mol. The summed E-state index contributed by atoms with van der Waals surface area (Å²) in [7, 11) is -3.71. The van der Waals surface area contributed by atoms with Crippen LogP contribution in [0.3, 0.4) is 0 Å². The number of carbonyl (C=O) groups excluding carboxylic acids is 1. The molecule has 1 amide bonds. The predicted molar refractivity (Wildman–Crippen MR) is 112 cm³/mol. The fourth-order valence-corrected chi connectivity index (χ4v) is 3.62. The normalized spacial score (nSPS) is 14.2. The van der Waals surface area contributed by atoms with Crippen molar-refractivity contribution < 1.29 is 23.5 Å². The molecule has 0 bridgehead atoms. The molecule has 0 saturated heterocycles. The zero-order valence-corrected chi connectivity index (χ0v) is 17.5. The molecule has 0 aliphatic heterocycles. The summed E-state index contributed by atoms with van der Waals surface area (Å²) in [4.78, 5) is 11.9. The molecular formula is C22H25NO5S. The van der Waals surface area contributed by atoms with Crippen LogP contribution in [0.1, 0.15) is 31.4 Å². The van der Waals surface area contributed by atoms with Crippen LogP contribution in [0, 0.1) is 11.8 Å². The number of sulfone groups is 1. The number of hydrogen-bond acceptors (Lipinski definition) is 5. The minimum absolute atomic E-state index is 0.0498. The quantitative estimate of drug-likeness (QED) is 0.382. The summed E-state index contributed by atoms with van der Waals surface area (Å²) in [6.45, 7) is 2.92. The second-order valence-corrected chi connectivity index (χ2v) is 9.61. The molecule has 6 nitrogen and oxygen atoms in total. The zero-order chi connectivity index (χ0) is 21.7. The van der Waals surface area contributed by atoms with Gasteiger partial charge in [0.05, 0.1) is 0 Å². The molecule has 2 aromatic rings. The summed E-state index contributed by atoms with van der Waals surface area (Å²) in [5.74, 6) is 4.65. The second-order valence-electron chi connectivity index (χ2n) is 7.16. The molecule has 0 saturated carbocycles. The molecule has 7 heteroatoms. The van der Waals surface area contributed by atoms with Crippen molar-refractivity contribution in [3.8, 4) is 23.0 Å². The number of hydrogen-bond donors (Lipinski definition) is 3. The second kappa shape index (κ2) is 9.23. The summed E-state index contributed by atoms with van der Waals surface area (Å²) in [6.07, 6.45) is 0.732. The van der Waals surface area contributed by atoms with Gasteiger partial charge in [-0.3, -0.25) is 10.0 Å². The molecule has 29 heavy (non-hydrogen) atoms. The van der Waals surface area contributed by atoms with Gasteiger partial charge >= 0.3 is 0 Å². The van der Waals surface area contributed by atoms with E-state index >= 15 is 0 Å². The Morgan fingerprint density at radius 2 is 1.62 bits per heavy atom. The number of aliphatic hydroxyl groups excluding tert-OH is 1. The van der Waals surface area contributed by atoms with E-state index in [-0.39, 0.29) is 6.42 Å². The molecule has 0 fully saturated rings. The molecule has 0 spiro atoms. The number of benzene rings is 2. The van der Waals surface area contributed by atoms with E-state index in [1.54, 1.807) is 6.92 Å². The highest BCUT2D eigenvalue weighted by atomic mass is 32.2. The topological polar surface area (TPSA) is 104 Å². The molecule has 2 unspecified atom stereocenters. The first-order valence-electron chi connectivity index (χ1n) is 9.10. The first-order chi connectivity index (χ1) is 13.6. The van der Waals surface area contributed by atoms with Gasteiger partial charge in [-0.05, 0) is 55.5 Å². The van der Waals surface area contributed by atoms with E-state index in [0.29, 0.717) is 6.42 Å². The number of aliphatic hydroxyl groups is 1. The summed E-state index contributed by atoms with van der Waals surface area (Å²) in [5.41, 5.74) is 5.14. The lowest BCUT2D eigenvalue weighted by atomic mass is 9.97. The molecule has 3 N–H and O–H groups in total. The van der Waals surface area contributed by atoms with Crippen LogP contribution < -0.4 is 5.48 Å². The smallest absolute Gasteiger partial charge is 0.264 e. The van der Waals surface area contributed by atoms with E-state index in [0.717, 1.165) is 28.5 Å². The fourth-order valence-electron chi connectivity index (χ4n) is 2.77. The molecule has 2 aromatic carbocycles. The first kappa shape index (κ1) is 22.6. The lowest BCUT2D eigenvalue weighted by Crippen LogP contribution is -2.49. The highest BCUT2D eigenvalue weighted by Gasteiger charge is 2.43. The minimum atomic E-state index is -3.71. The number of aryl methyl sites for hydroxylation is 1. The Morgan fingerprint density at radius 3 is 2.07 bits per heavy atom. The largest absolute Gasteiger partial charge is 0.381 e. The van der Waals surface area contributed by atoms with E-state index < -0.39 is 26.6 Å². The third-order valence-corrected chi connectivity index (χ3v) is 6.91. The Labute approximate surface area is 171 Å². The molecule has 2 atom stereocenters. The fraction of sp³-hybridized carbons (Fsp3) is 0.318. The van der Waals surface area contributed by atoms with Crippen LogP contribution in [-0.2, 0) is 21.1 Å². The van der Waals surface area contributed by atoms with E-state index in [1.165, 1.54) is 12.4 Å². The molecule has 0 aliphatic rings. The Kier molecular flexibility index (Phi) is 7.20. The van der Waals surface area contributed by atoms with E-state index in [4.69, 9.17) is 5.21 Å². The third kappa shape index (κ3) is 5.67. The van der Waals surface area contributed by atoms with Gasteiger partial charge < -0.3 is 5.11 Å². The van der Waals surface area contributed by atoms with Crippen molar-refractivity contribution in [2.45, 2.75) is 37.5 Å². The van der Waals surface area contributed by atoms with Crippen LogP contribution >= 0.6 is 0 Å². The first-order valence-corrected chi connectivity index (χ1v) is 11.0. The Balaban J connectivity index is 2.13. The maximum atomic E-state index is 12.0. The van der Waals surface area contributed by atoms with Gasteiger partial charge in [0.2, 0.25) is 0 Å². The molecule has 0 aromatic heterocycles. The number of rotatable bonds is 6. The summed E-state index contributed by atoms with van der Waals surface area (Å²) in [5, 5.41) is 18.1. The van der Waals surface area contributed by atoms with Gasteiger partial charge in [-0.25, -0.2) is 13.9 Å². The number of carbonyl (C=O) groups is 1. The van der Waals surface area contributed by atoms with Gasteiger partial charge in [0.15, 0.2) is 9.84 Å². The van der Waals surface area contributed by atoms with Crippen molar-refractivity contribution in [3.63, 3.8) is 0 Å². The van der Waals surface area contributed by atoms with Gasteiger partial charge in [0.25, 0.3) is 5.91 Å². The lowest BCUT2D eigenvalue weighted by Gasteiger charge is -2.25. The Hall–Kier alpha value is -2.66. The van der Waals surface area contributed by atoms with E-state index in [9.17, 15) is 18.3 Å². The Morgan fingerprint density at radius 1 is 1.10 bits per heavy atom. The highest BCUT2D eigenvalue weighted by Crippen LogP contribution is 2.25. The maximum Gasteiger partial charge on any atom is 0.264 e. The molecule has 0 heterocycles. The van der Waals surface area contributed by atoms with Crippen LogP contribution in [0.2, 0.25) is 0 Å². The number of amides is 1. The Bertz CT molecular complexity index is 1020. The van der Waals surface area contributed by atoms with E-state index in [2.05, 4.69) is 11.8 Å². The van der Waals surface area contributed by atoms with Crippen molar-refractivity contribution in [3.05, 3.63) is 59.7 Å². The molecule has 0 radical (unpaired) electrons. The minimum Gasteiger partial charge on any atom is -0.381 e. The highest BCUT2D eigenvalue weighted by molar-refractivity contribution is 7.92. The average Bonchev–Trinajstić information content (AvgIpc) is 2.69. The summed E-state index contributed by atoms with van der Waals surface area (Å²) >= 11 is 0. The van der Waals surface area contributed by atoms with Crippen LogP contribution in [0.15, 0.2) is 48.5 Å². The van der Waals surface area contributed by atoms with Gasteiger partial charge in [0.1, 0.15) is 10.9 Å². The van der Waals surface area contributed by atoms with Crippen LogP contribution in [0.25, 0.3) is 11.1 Å². The zero-order valence-electron chi connectivity index (χ0n) is 16.6. The number of nitrogens with one attached hydrogen (secondary N) is 1. The number of hydroxylamine groups is 1. The maximum absolute atomic E-state index is 12.0. The van der Waals surface area contributed by atoms with Crippen molar-refractivity contribution in [2.24, 2.45) is 0 Å². The van der Waals surface area contributed by atoms with Crippen LogP contribution in [0.5, 0.6) is 0 Å². The standard InChI is InChI=1S/C22H25NO5S/c1-16(24)4-5-17-6-10-19(11-7-17)20-12-8-18(9-13-20)14-15-22(2,21(25)23-26)29(3,27)28/h6-13,16,24,26H,14-15H2,1-3H3,(H,23,25). The molecule has 2 rings (SSSR count). The van der Waals surface area contributed by atoms with Gasteiger partial charge in [-0.2, -0.15) is 0 Å². The van der Waals surface area contributed by atoms with E-state index in [1.807, 2.05) is 48.5 Å². The summed E-state index contributed by atoms with van der Waals surface area (Å²) < 4.78 is 22.4. The van der Waals surface area contributed by atoms with Crippen molar-refractivity contribution in [1.29, 1.82) is 0 Å². The van der Waals surface area contributed by atoms with Gasteiger partial charge in [-0.1, -0.05) is 48.2 Å².